The van der Waals surface area contributed by atoms with Crippen LogP contribution in [-0.2, 0) is 0 Å². The molecule has 0 aliphatic heterocycles. The van der Waals surface area contributed by atoms with E-state index in [1.807, 2.05) is 32.3 Å². The fourth-order valence-corrected chi connectivity index (χ4v) is 2.39. The van der Waals surface area contributed by atoms with Gasteiger partial charge in [0.15, 0.2) is 0 Å². The van der Waals surface area contributed by atoms with E-state index in [9.17, 15) is 4.39 Å². The van der Waals surface area contributed by atoms with Crippen molar-refractivity contribution in [2.75, 3.05) is 24.3 Å². The summed E-state index contributed by atoms with van der Waals surface area (Å²) in [7, 11) is 4.03. The van der Waals surface area contributed by atoms with E-state index in [0.29, 0.717) is 4.47 Å². The maximum absolute atomic E-state index is 13.3. The molecule has 20 heavy (non-hydrogen) atoms. The molecule has 0 spiro atoms. The van der Waals surface area contributed by atoms with Crippen LogP contribution < -0.4 is 10.2 Å². The first-order chi connectivity index (χ1) is 9.47. The second-order valence-electron chi connectivity index (χ2n) is 4.98. The van der Waals surface area contributed by atoms with Crippen molar-refractivity contribution >= 4 is 27.3 Å². The summed E-state index contributed by atoms with van der Waals surface area (Å²) in [5.41, 5.74) is 3.22. The summed E-state index contributed by atoms with van der Waals surface area (Å²) < 4.78 is 13.7. The molecule has 1 atom stereocenters. The van der Waals surface area contributed by atoms with Gasteiger partial charge in [-0.15, -0.1) is 0 Å². The fraction of sp³-hybridized carbons (Fsp3) is 0.250. The SMILES string of the molecule is CC(Nc1cccc(N(C)C)c1)c1ccc(F)c(Br)c1. The van der Waals surface area contributed by atoms with Gasteiger partial charge in [0.2, 0.25) is 0 Å². The lowest BCUT2D eigenvalue weighted by atomic mass is 10.1. The maximum Gasteiger partial charge on any atom is 0.137 e. The van der Waals surface area contributed by atoms with Crippen LogP contribution in [0.5, 0.6) is 0 Å². The Bertz CT molecular complexity index is 599. The Morgan fingerprint density at radius 2 is 1.90 bits per heavy atom. The Morgan fingerprint density at radius 3 is 2.55 bits per heavy atom. The molecule has 0 fully saturated rings. The minimum Gasteiger partial charge on any atom is -0.378 e. The van der Waals surface area contributed by atoms with Gasteiger partial charge in [-0.2, -0.15) is 0 Å². The Labute approximate surface area is 127 Å². The molecule has 0 saturated carbocycles. The van der Waals surface area contributed by atoms with Gasteiger partial charge in [-0.3, -0.25) is 0 Å². The first-order valence-electron chi connectivity index (χ1n) is 6.46. The van der Waals surface area contributed by atoms with E-state index in [1.165, 1.54) is 6.07 Å². The molecule has 4 heteroatoms. The molecule has 0 bridgehead atoms. The second kappa shape index (κ2) is 6.27. The van der Waals surface area contributed by atoms with Crippen molar-refractivity contribution in [3.8, 4) is 0 Å². The van der Waals surface area contributed by atoms with Gasteiger partial charge in [0.05, 0.1) is 4.47 Å². The number of hydrogen-bond acceptors (Lipinski definition) is 2. The van der Waals surface area contributed by atoms with Gasteiger partial charge in [0.1, 0.15) is 5.82 Å². The lowest BCUT2D eigenvalue weighted by Gasteiger charge is -2.18. The zero-order chi connectivity index (χ0) is 14.7. The molecule has 106 valence electrons. The molecule has 0 radical (unpaired) electrons. The molecule has 2 aromatic rings. The normalized spacial score (nSPS) is 12.1. The van der Waals surface area contributed by atoms with Crippen LogP contribution in [0.4, 0.5) is 15.8 Å². The average molecular weight is 337 g/mol. The number of nitrogens with zero attached hydrogens (tertiary/aromatic N) is 1. The van der Waals surface area contributed by atoms with Crippen molar-refractivity contribution in [1.29, 1.82) is 0 Å². The van der Waals surface area contributed by atoms with Crippen LogP contribution in [0, 0.1) is 5.82 Å². The fourth-order valence-electron chi connectivity index (χ4n) is 1.99. The van der Waals surface area contributed by atoms with E-state index in [-0.39, 0.29) is 11.9 Å². The van der Waals surface area contributed by atoms with Crippen molar-refractivity contribution < 1.29 is 4.39 Å². The van der Waals surface area contributed by atoms with E-state index < -0.39 is 0 Å². The Kier molecular flexibility index (Phi) is 4.65. The zero-order valence-corrected chi connectivity index (χ0v) is 13.4. The van der Waals surface area contributed by atoms with E-state index in [1.54, 1.807) is 6.07 Å². The predicted octanol–water partition coefficient (Wildman–Crippen LogP) is 4.83. The molecule has 2 nitrogen and oxygen atoms in total. The maximum atomic E-state index is 13.3. The first kappa shape index (κ1) is 14.9. The smallest absolute Gasteiger partial charge is 0.137 e. The molecule has 2 aromatic carbocycles. The number of rotatable bonds is 4. The summed E-state index contributed by atoms with van der Waals surface area (Å²) in [6.07, 6.45) is 0. The van der Waals surface area contributed by atoms with Crippen molar-refractivity contribution in [1.82, 2.24) is 0 Å². The van der Waals surface area contributed by atoms with Gasteiger partial charge in [-0.05, 0) is 58.7 Å². The monoisotopic (exact) mass is 336 g/mol. The summed E-state index contributed by atoms with van der Waals surface area (Å²) in [4.78, 5) is 2.06. The quantitative estimate of drug-likeness (QED) is 0.860. The molecule has 0 aliphatic carbocycles. The average Bonchev–Trinajstić information content (AvgIpc) is 2.42. The highest BCUT2D eigenvalue weighted by atomic mass is 79.9. The molecular weight excluding hydrogens is 319 g/mol. The van der Waals surface area contributed by atoms with Gasteiger partial charge in [-0.25, -0.2) is 4.39 Å². The van der Waals surface area contributed by atoms with Crippen molar-refractivity contribution in [3.63, 3.8) is 0 Å². The van der Waals surface area contributed by atoms with Gasteiger partial charge < -0.3 is 10.2 Å². The van der Waals surface area contributed by atoms with Crippen LogP contribution in [0.25, 0.3) is 0 Å². The van der Waals surface area contributed by atoms with Crippen LogP contribution in [0.3, 0.4) is 0 Å². The summed E-state index contributed by atoms with van der Waals surface area (Å²) in [6.45, 7) is 2.06. The molecule has 1 N–H and O–H groups in total. The Hall–Kier alpha value is -1.55. The summed E-state index contributed by atoms with van der Waals surface area (Å²) >= 11 is 3.22. The lowest BCUT2D eigenvalue weighted by molar-refractivity contribution is 0.619. The Balaban J connectivity index is 2.16. The van der Waals surface area contributed by atoms with Crippen molar-refractivity contribution in [2.24, 2.45) is 0 Å². The molecule has 2 rings (SSSR count). The van der Waals surface area contributed by atoms with E-state index in [2.05, 4.69) is 45.2 Å². The summed E-state index contributed by atoms with van der Waals surface area (Å²) in [5, 5.41) is 3.43. The first-order valence-corrected chi connectivity index (χ1v) is 7.25. The molecule has 0 aromatic heterocycles. The Morgan fingerprint density at radius 1 is 1.15 bits per heavy atom. The third-order valence-electron chi connectivity index (χ3n) is 3.19. The third-order valence-corrected chi connectivity index (χ3v) is 3.80. The molecule has 1 unspecified atom stereocenters. The molecule has 0 saturated heterocycles. The molecule has 0 amide bonds. The van der Waals surface area contributed by atoms with Crippen LogP contribution >= 0.6 is 15.9 Å². The zero-order valence-electron chi connectivity index (χ0n) is 11.8. The largest absolute Gasteiger partial charge is 0.378 e. The number of benzene rings is 2. The summed E-state index contributed by atoms with van der Waals surface area (Å²) in [6, 6.07) is 13.4. The highest BCUT2D eigenvalue weighted by Gasteiger charge is 2.08. The summed E-state index contributed by atoms with van der Waals surface area (Å²) in [5.74, 6) is -0.240. The predicted molar refractivity (Wildman–Crippen MR) is 86.9 cm³/mol. The van der Waals surface area contributed by atoms with Crippen molar-refractivity contribution in [3.05, 3.63) is 58.3 Å². The van der Waals surface area contributed by atoms with E-state index >= 15 is 0 Å². The van der Waals surface area contributed by atoms with Crippen LogP contribution in [0.1, 0.15) is 18.5 Å². The van der Waals surface area contributed by atoms with Crippen LogP contribution in [0.15, 0.2) is 46.9 Å². The molecular formula is C16H18BrFN2. The van der Waals surface area contributed by atoms with Gasteiger partial charge >= 0.3 is 0 Å². The highest BCUT2D eigenvalue weighted by molar-refractivity contribution is 9.10. The topological polar surface area (TPSA) is 15.3 Å². The lowest BCUT2D eigenvalue weighted by Crippen LogP contribution is -2.10. The van der Waals surface area contributed by atoms with E-state index in [0.717, 1.165) is 16.9 Å². The number of halogens is 2. The standard InChI is InChI=1S/C16H18BrFN2/c1-11(12-7-8-16(18)15(17)9-12)19-13-5-4-6-14(10-13)20(2)3/h4-11,19H,1-3H3. The van der Waals surface area contributed by atoms with Gasteiger partial charge in [-0.1, -0.05) is 12.1 Å². The molecule has 0 aliphatic rings. The van der Waals surface area contributed by atoms with Gasteiger partial charge in [0, 0.05) is 31.5 Å². The minimum atomic E-state index is -0.240. The minimum absolute atomic E-state index is 0.101. The second-order valence-corrected chi connectivity index (χ2v) is 5.84. The highest BCUT2D eigenvalue weighted by Crippen LogP contribution is 2.25. The number of hydrogen-bond donors (Lipinski definition) is 1. The van der Waals surface area contributed by atoms with Crippen LogP contribution in [0.2, 0.25) is 0 Å². The molecule has 0 heterocycles. The third kappa shape index (κ3) is 3.51. The van der Waals surface area contributed by atoms with Gasteiger partial charge in [0.25, 0.3) is 0 Å². The van der Waals surface area contributed by atoms with Crippen LogP contribution in [-0.4, -0.2) is 14.1 Å². The number of nitrogens with one attached hydrogen (secondary N) is 1. The number of anilines is 2. The van der Waals surface area contributed by atoms with Crippen molar-refractivity contribution in [2.45, 2.75) is 13.0 Å². The van der Waals surface area contributed by atoms with E-state index in [4.69, 9.17) is 0 Å².